The molecule has 1 atom stereocenters. The van der Waals surface area contributed by atoms with Crippen molar-refractivity contribution in [3.8, 4) is 0 Å². The van der Waals surface area contributed by atoms with Gasteiger partial charge in [0.15, 0.2) is 0 Å². The first-order chi connectivity index (χ1) is 8.34. The van der Waals surface area contributed by atoms with Gasteiger partial charge >= 0.3 is 0 Å². The summed E-state index contributed by atoms with van der Waals surface area (Å²) in [5.41, 5.74) is 0. The van der Waals surface area contributed by atoms with Crippen LogP contribution in [0.3, 0.4) is 0 Å². The smallest absolute Gasteiger partial charge is 0.222 e. The molecule has 2 heterocycles. The van der Waals surface area contributed by atoms with Crippen molar-refractivity contribution in [2.75, 3.05) is 13.2 Å². The van der Waals surface area contributed by atoms with Gasteiger partial charge in [-0.15, -0.1) is 11.3 Å². The number of amides is 1. The van der Waals surface area contributed by atoms with Crippen LogP contribution in [0, 0.1) is 0 Å². The number of hydrogen-bond acceptors (Lipinski definition) is 3. The zero-order valence-corrected chi connectivity index (χ0v) is 10.8. The summed E-state index contributed by atoms with van der Waals surface area (Å²) in [5, 5.41) is 5.02. The molecule has 2 rings (SSSR count). The zero-order chi connectivity index (χ0) is 11.9. The van der Waals surface area contributed by atoms with E-state index in [1.165, 1.54) is 11.3 Å². The van der Waals surface area contributed by atoms with Crippen molar-refractivity contribution < 1.29 is 9.53 Å². The number of carbonyl (C=O) groups is 1. The normalized spacial score (nSPS) is 20.1. The summed E-state index contributed by atoms with van der Waals surface area (Å²) in [6.45, 7) is 1.54. The van der Waals surface area contributed by atoms with Crippen molar-refractivity contribution in [1.82, 2.24) is 5.32 Å². The summed E-state index contributed by atoms with van der Waals surface area (Å²) in [4.78, 5) is 13.0. The Balaban J connectivity index is 1.60. The van der Waals surface area contributed by atoms with Gasteiger partial charge in [-0.1, -0.05) is 6.07 Å². The van der Waals surface area contributed by atoms with E-state index in [1.807, 2.05) is 6.07 Å². The maximum atomic E-state index is 11.7. The number of hydrogen-bond donors (Lipinski definition) is 1. The van der Waals surface area contributed by atoms with Gasteiger partial charge in [0.05, 0.1) is 12.5 Å². The third-order valence-corrected chi connectivity index (χ3v) is 3.90. The van der Waals surface area contributed by atoms with Crippen LogP contribution < -0.4 is 5.32 Å². The summed E-state index contributed by atoms with van der Waals surface area (Å²) < 4.78 is 5.54. The first-order valence-corrected chi connectivity index (χ1v) is 7.13. The van der Waals surface area contributed by atoms with Crippen LogP contribution in [-0.2, 0) is 16.0 Å². The Labute approximate surface area is 106 Å². The summed E-state index contributed by atoms with van der Waals surface area (Å²) in [7, 11) is 0. The van der Waals surface area contributed by atoms with Crippen LogP contribution in [0.5, 0.6) is 0 Å². The molecule has 3 nitrogen and oxygen atoms in total. The minimum Gasteiger partial charge on any atom is -0.378 e. The third-order valence-electron chi connectivity index (χ3n) is 2.96. The van der Waals surface area contributed by atoms with Crippen molar-refractivity contribution in [1.29, 1.82) is 0 Å². The molecular formula is C13H19NO2S. The summed E-state index contributed by atoms with van der Waals surface area (Å²) in [6.07, 6.45) is 4.94. The van der Waals surface area contributed by atoms with Crippen LogP contribution in [0.25, 0.3) is 0 Å². The molecule has 94 valence electrons. The highest BCUT2D eigenvalue weighted by molar-refractivity contribution is 7.09. The summed E-state index contributed by atoms with van der Waals surface area (Å²) in [6, 6.07) is 4.14. The molecule has 0 saturated carbocycles. The molecular weight excluding hydrogens is 234 g/mol. The fourth-order valence-electron chi connectivity index (χ4n) is 2.03. The quantitative estimate of drug-likeness (QED) is 0.875. The topological polar surface area (TPSA) is 38.3 Å². The molecule has 1 aromatic heterocycles. The molecule has 0 aliphatic carbocycles. The highest BCUT2D eigenvalue weighted by Gasteiger charge is 2.17. The lowest BCUT2D eigenvalue weighted by Crippen LogP contribution is -2.31. The van der Waals surface area contributed by atoms with Gasteiger partial charge in [0.2, 0.25) is 5.91 Å². The van der Waals surface area contributed by atoms with Crippen LogP contribution in [0.2, 0.25) is 0 Å². The second-order valence-electron chi connectivity index (χ2n) is 4.37. The molecule has 1 amide bonds. The van der Waals surface area contributed by atoms with Gasteiger partial charge in [-0.3, -0.25) is 4.79 Å². The van der Waals surface area contributed by atoms with Gasteiger partial charge in [-0.05, 0) is 37.1 Å². The minimum atomic E-state index is 0.119. The number of ether oxygens (including phenoxy) is 1. The number of carbonyl (C=O) groups excluding carboxylic acids is 1. The fraction of sp³-hybridized carbons (Fsp3) is 0.615. The molecule has 17 heavy (non-hydrogen) atoms. The van der Waals surface area contributed by atoms with E-state index in [9.17, 15) is 4.79 Å². The molecule has 1 fully saturated rings. The third kappa shape index (κ3) is 4.48. The molecule has 0 aromatic carbocycles. The van der Waals surface area contributed by atoms with Crippen LogP contribution in [0.1, 0.15) is 30.6 Å². The molecule has 0 bridgehead atoms. The van der Waals surface area contributed by atoms with E-state index < -0.39 is 0 Å². The first-order valence-electron chi connectivity index (χ1n) is 6.25. The highest BCUT2D eigenvalue weighted by Crippen LogP contribution is 2.15. The van der Waals surface area contributed by atoms with Gasteiger partial charge in [0.1, 0.15) is 0 Å². The summed E-state index contributed by atoms with van der Waals surface area (Å²) in [5.74, 6) is 0.119. The Morgan fingerprint density at radius 3 is 3.18 bits per heavy atom. The van der Waals surface area contributed by atoms with E-state index in [1.54, 1.807) is 11.3 Å². The van der Waals surface area contributed by atoms with E-state index in [2.05, 4.69) is 16.8 Å². The van der Waals surface area contributed by atoms with Gasteiger partial charge in [0, 0.05) is 18.0 Å². The Bertz CT molecular complexity index is 331. The number of nitrogens with one attached hydrogen (secondary N) is 1. The molecule has 1 N–H and O–H groups in total. The van der Waals surface area contributed by atoms with Crippen molar-refractivity contribution in [3.63, 3.8) is 0 Å². The van der Waals surface area contributed by atoms with E-state index in [-0.39, 0.29) is 12.0 Å². The highest BCUT2D eigenvalue weighted by atomic mass is 32.1. The molecule has 1 aliphatic heterocycles. The maximum Gasteiger partial charge on any atom is 0.222 e. The molecule has 0 radical (unpaired) electrons. The average Bonchev–Trinajstić information content (AvgIpc) is 2.83. The van der Waals surface area contributed by atoms with E-state index in [4.69, 9.17) is 4.74 Å². The van der Waals surface area contributed by atoms with Gasteiger partial charge in [0.25, 0.3) is 0 Å². The predicted molar refractivity (Wildman–Crippen MR) is 69.2 cm³/mol. The van der Waals surface area contributed by atoms with Crippen LogP contribution >= 0.6 is 11.3 Å². The molecule has 1 aromatic rings. The molecule has 4 heteroatoms. The zero-order valence-electron chi connectivity index (χ0n) is 9.98. The van der Waals surface area contributed by atoms with Crippen molar-refractivity contribution in [2.24, 2.45) is 0 Å². The Morgan fingerprint density at radius 2 is 2.47 bits per heavy atom. The SMILES string of the molecule is O=C(CC1CCCCO1)NCCc1cccs1. The summed E-state index contributed by atoms with van der Waals surface area (Å²) >= 11 is 1.73. The van der Waals surface area contributed by atoms with Crippen molar-refractivity contribution in [2.45, 2.75) is 38.2 Å². The number of rotatable bonds is 5. The Morgan fingerprint density at radius 1 is 1.53 bits per heavy atom. The second-order valence-corrected chi connectivity index (χ2v) is 5.40. The lowest BCUT2D eigenvalue weighted by atomic mass is 10.1. The molecule has 1 saturated heterocycles. The van der Waals surface area contributed by atoms with E-state index in [0.29, 0.717) is 6.42 Å². The van der Waals surface area contributed by atoms with E-state index >= 15 is 0 Å². The van der Waals surface area contributed by atoms with Crippen molar-refractivity contribution in [3.05, 3.63) is 22.4 Å². The first kappa shape index (κ1) is 12.6. The molecule has 1 aliphatic rings. The minimum absolute atomic E-state index is 0.119. The predicted octanol–water partition coefficient (Wildman–Crippen LogP) is 2.37. The van der Waals surface area contributed by atoms with E-state index in [0.717, 1.165) is 32.4 Å². The van der Waals surface area contributed by atoms with Gasteiger partial charge in [-0.2, -0.15) is 0 Å². The van der Waals surface area contributed by atoms with Crippen LogP contribution in [-0.4, -0.2) is 25.2 Å². The molecule has 1 unspecified atom stereocenters. The molecule has 0 spiro atoms. The van der Waals surface area contributed by atoms with Crippen LogP contribution in [0.15, 0.2) is 17.5 Å². The standard InChI is InChI=1S/C13H19NO2S/c15-13(10-11-4-1-2-8-16-11)14-7-6-12-5-3-9-17-12/h3,5,9,11H,1-2,4,6-8,10H2,(H,14,15). The van der Waals surface area contributed by atoms with Gasteiger partial charge < -0.3 is 10.1 Å². The maximum absolute atomic E-state index is 11.7. The fourth-order valence-corrected chi connectivity index (χ4v) is 2.74. The van der Waals surface area contributed by atoms with Gasteiger partial charge in [-0.25, -0.2) is 0 Å². The Kier molecular flexibility index (Phi) is 5.01. The monoisotopic (exact) mass is 253 g/mol. The van der Waals surface area contributed by atoms with Crippen molar-refractivity contribution >= 4 is 17.2 Å². The largest absolute Gasteiger partial charge is 0.378 e. The second kappa shape index (κ2) is 6.77. The van der Waals surface area contributed by atoms with Crippen LogP contribution in [0.4, 0.5) is 0 Å². The Hall–Kier alpha value is -0.870. The number of thiophene rings is 1. The lowest BCUT2D eigenvalue weighted by Gasteiger charge is -2.21. The lowest BCUT2D eigenvalue weighted by molar-refractivity contribution is -0.124. The average molecular weight is 253 g/mol.